The summed E-state index contributed by atoms with van der Waals surface area (Å²) in [5.74, 6) is -0.655. The van der Waals surface area contributed by atoms with Gasteiger partial charge in [-0.1, -0.05) is 59.1 Å². The van der Waals surface area contributed by atoms with E-state index in [1.54, 1.807) is 54.7 Å². The van der Waals surface area contributed by atoms with Gasteiger partial charge in [-0.15, -0.1) is 0 Å². The molecule has 0 atom stereocenters. The highest BCUT2D eigenvalue weighted by Gasteiger charge is 2.21. The number of carboxylic acid groups (broad SMARTS) is 1. The lowest BCUT2D eigenvalue weighted by molar-refractivity contribution is 0.0697. The molecular formula is C28H23Cl3N4O3. The largest absolute Gasteiger partial charge is 0.478 e. The number of amides is 1. The Balaban J connectivity index is 0.000000283. The van der Waals surface area contributed by atoms with Crippen LogP contribution in [0.5, 0.6) is 0 Å². The molecule has 1 aromatic heterocycles. The zero-order valence-electron chi connectivity index (χ0n) is 20.0. The van der Waals surface area contributed by atoms with E-state index in [1.807, 2.05) is 18.2 Å². The van der Waals surface area contributed by atoms with Gasteiger partial charge in [0.2, 0.25) is 5.91 Å². The molecule has 4 N–H and O–H groups in total. The van der Waals surface area contributed by atoms with E-state index in [0.717, 1.165) is 35.7 Å². The molecule has 38 heavy (non-hydrogen) atoms. The fourth-order valence-electron chi connectivity index (χ4n) is 4.00. The Morgan fingerprint density at radius 3 is 2.45 bits per heavy atom. The average molecular weight is 570 g/mol. The summed E-state index contributed by atoms with van der Waals surface area (Å²) < 4.78 is 0. The van der Waals surface area contributed by atoms with Crippen LogP contribution in [0.1, 0.15) is 26.3 Å². The predicted octanol–water partition coefficient (Wildman–Crippen LogP) is 6.62. The molecule has 0 saturated carbocycles. The second-order valence-corrected chi connectivity index (χ2v) is 9.68. The number of benzene rings is 3. The Morgan fingerprint density at radius 2 is 1.74 bits per heavy atom. The lowest BCUT2D eigenvalue weighted by Crippen LogP contribution is -2.34. The lowest BCUT2D eigenvalue weighted by atomic mass is 10.0. The van der Waals surface area contributed by atoms with Crippen LogP contribution in [0.15, 0.2) is 79.0 Å². The third-order valence-corrected chi connectivity index (χ3v) is 6.67. The number of pyridine rings is 1. The van der Waals surface area contributed by atoms with Gasteiger partial charge < -0.3 is 21.1 Å². The molecule has 1 aliphatic rings. The van der Waals surface area contributed by atoms with E-state index in [9.17, 15) is 14.7 Å². The Hall–Kier alpha value is -3.78. The maximum absolute atomic E-state index is 11.6. The van der Waals surface area contributed by atoms with Crippen molar-refractivity contribution >= 4 is 58.2 Å². The first-order valence-corrected chi connectivity index (χ1v) is 12.7. The molecule has 1 amide bonds. The number of fused-ring (bicyclic) bond motifs is 1. The van der Waals surface area contributed by atoms with Crippen molar-refractivity contribution in [1.29, 1.82) is 0 Å². The van der Waals surface area contributed by atoms with Gasteiger partial charge in [0.05, 0.1) is 11.3 Å². The highest BCUT2D eigenvalue weighted by molar-refractivity contribution is 6.33. The van der Waals surface area contributed by atoms with Crippen molar-refractivity contribution in [3.63, 3.8) is 0 Å². The standard InChI is InChI=1S/C21H17Cl2N3O2.C7H6ClNO/c22-15-5-6-18(23)14(9-15)12-26-8-7-24-20-19(26)10-13(11-25-20)16-3-1-2-4-17(16)21(27)28;8-6-3-1-2-5(4-6)7(9)10/h1-6,9-11H,7-8,12H2,(H,24,25)(H,27,28);1-4H,(H2,9,10). The first-order valence-electron chi connectivity index (χ1n) is 11.5. The van der Waals surface area contributed by atoms with Gasteiger partial charge in [0.25, 0.3) is 0 Å². The van der Waals surface area contributed by atoms with Crippen molar-refractivity contribution in [2.75, 3.05) is 23.3 Å². The van der Waals surface area contributed by atoms with E-state index >= 15 is 0 Å². The maximum Gasteiger partial charge on any atom is 0.336 e. The van der Waals surface area contributed by atoms with Crippen molar-refractivity contribution < 1.29 is 14.7 Å². The number of nitrogens with zero attached hydrogens (tertiary/aromatic N) is 2. The molecule has 0 spiro atoms. The van der Waals surface area contributed by atoms with Gasteiger partial charge in [-0.2, -0.15) is 0 Å². The smallest absolute Gasteiger partial charge is 0.336 e. The van der Waals surface area contributed by atoms with E-state index in [1.165, 1.54) is 6.07 Å². The summed E-state index contributed by atoms with van der Waals surface area (Å²) in [5, 5.41) is 14.6. The summed E-state index contributed by atoms with van der Waals surface area (Å²) in [7, 11) is 0. The maximum atomic E-state index is 11.6. The molecule has 7 nitrogen and oxygen atoms in total. The lowest BCUT2D eigenvalue weighted by Gasteiger charge is -2.32. The normalized spacial score (nSPS) is 12.0. The molecular weight excluding hydrogens is 547 g/mol. The number of hydrogen-bond donors (Lipinski definition) is 3. The van der Waals surface area contributed by atoms with Gasteiger partial charge in [-0.05, 0) is 59.7 Å². The quantitative estimate of drug-likeness (QED) is 0.249. The number of anilines is 2. The van der Waals surface area contributed by atoms with Crippen LogP contribution in [-0.2, 0) is 6.54 Å². The highest BCUT2D eigenvalue weighted by Crippen LogP contribution is 2.35. The molecule has 5 rings (SSSR count). The minimum Gasteiger partial charge on any atom is -0.478 e. The number of nitrogens with one attached hydrogen (secondary N) is 1. The molecule has 1 aliphatic heterocycles. The minimum absolute atomic E-state index is 0.248. The van der Waals surface area contributed by atoms with Gasteiger partial charge in [0.1, 0.15) is 5.82 Å². The van der Waals surface area contributed by atoms with Crippen molar-refractivity contribution in [1.82, 2.24) is 4.98 Å². The Morgan fingerprint density at radius 1 is 0.974 bits per heavy atom. The van der Waals surface area contributed by atoms with Crippen molar-refractivity contribution in [2.45, 2.75) is 6.54 Å². The van der Waals surface area contributed by atoms with Crippen molar-refractivity contribution in [3.8, 4) is 11.1 Å². The molecule has 2 heterocycles. The topological polar surface area (TPSA) is 109 Å². The molecule has 3 aromatic carbocycles. The van der Waals surface area contributed by atoms with Crippen LogP contribution in [0.25, 0.3) is 11.1 Å². The van der Waals surface area contributed by atoms with Crippen LogP contribution in [0.2, 0.25) is 15.1 Å². The minimum atomic E-state index is -0.964. The SMILES string of the molecule is NC(=O)c1cccc(Cl)c1.O=C(O)c1ccccc1-c1cnc2c(c1)N(Cc1cc(Cl)ccc1Cl)CCN2. The van der Waals surface area contributed by atoms with Gasteiger partial charge in [0, 0.05) is 52.0 Å². The number of carbonyl (C=O) groups is 2. The van der Waals surface area contributed by atoms with Crippen LogP contribution < -0.4 is 16.0 Å². The van der Waals surface area contributed by atoms with E-state index in [2.05, 4.69) is 15.2 Å². The number of hydrogen-bond acceptors (Lipinski definition) is 5. The van der Waals surface area contributed by atoms with E-state index < -0.39 is 11.9 Å². The Kier molecular flexibility index (Phi) is 8.73. The number of aromatic carboxylic acids is 1. The fraction of sp³-hybridized carbons (Fsp3) is 0.107. The molecule has 0 radical (unpaired) electrons. The van der Waals surface area contributed by atoms with Crippen LogP contribution >= 0.6 is 34.8 Å². The summed E-state index contributed by atoms with van der Waals surface area (Å²) in [6.07, 6.45) is 1.70. The van der Waals surface area contributed by atoms with Crippen LogP contribution in [0.4, 0.5) is 11.5 Å². The average Bonchev–Trinajstić information content (AvgIpc) is 2.91. The zero-order valence-corrected chi connectivity index (χ0v) is 22.3. The Labute approximate surface area is 234 Å². The monoisotopic (exact) mass is 568 g/mol. The van der Waals surface area contributed by atoms with E-state index in [4.69, 9.17) is 40.5 Å². The molecule has 4 aromatic rings. The third-order valence-electron chi connectivity index (χ3n) is 5.83. The third kappa shape index (κ3) is 6.55. The fourth-order valence-corrected chi connectivity index (χ4v) is 4.57. The van der Waals surface area contributed by atoms with Gasteiger partial charge in [-0.3, -0.25) is 4.79 Å². The second-order valence-electron chi connectivity index (χ2n) is 8.40. The first kappa shape index (κ1) is 27.3. The number of primary amides is 1. The number of nitrogens with two attached hydrogens (primary N) is 1. The zero-order chi connectivity index (χ0) is 27.2. The molecule has 10 heteroatoms. The number of carbonyl (C=O) groups excluding carboxylic acids is 1. The number of carboxylic acids is 1. The molecule has 194 valence electrons. The summed E-state index contributed by atoms with van der Waals surface area (Å²) >= 11 is 18.1. The van der Waals surface area contributed by atoms with Crippen LogP contribution in [-0.4, -0.2) is 35.1 Å². The second kappa shape index (κ2) is 12.2. The van der Waals surface area contributed by atoms with Crippen LogP contribution in [0.3, 0.4) is 0 Å². The number of halogens is 3. The molecule has 0 bridgehead atoms. The summed E-state index contributed by atoms with van der Waals surface area (Å²) in [4.78, 5) is 28.8. The van der Waals surface area contributed by atoms with Crippen molar-refractivity contribution in [3.05, 3.63) is 111 Å². The summed E-state index contributed by atoms with van der Waals surface area (Å²) in [6.45, 7) is 2.10. The summed E-state index contributed by atoms with van der Waals surface area (Å²) in [5.41, 5.74) is 8.89. The van der Waals surface area contributed by atoms with Crippen molar-refractivity contribution in [2.24, 2.45) is 5.73 Å². The predicted molar refractivity (Wildman–Crippen MR) is 153 cm³/mol. The molecule has 0 saturated heterocycles. The van der Waals surface area contributed by atoms with E-state index in [0.29, 0.717) is 32.7 Å². The molecule has 0 unspecified atom stereocenters. The van der Waals surface area contributed by atoms with E-state index in [-0.39, 0.29) is 5.56 Å². The van der Waals surface area contributed by atoms with Gasteiger partial charge in [-0.25, -0.2) is 9.78 Å². The van der Waals surface area contributed by atoms with Gasteiger partial charge in [0.15, 0.2) is 0 Å². The highest BCUT2D eigenvalue weighted by atomic mass is 35.5. The first-order chi connectivity index (χ1) is 18.2. The molecule has 0 fully saturated rings. The van der Waals surface area contributed by atoms with Crippen LogP contribution in [0, 0.1) is 0 Å². The van der Waals surface area contributed by atoms with Gasteiger partial charge >= 0.3 is 5.97 Å². The summed E-state index contributed by atoms with van der Waals surface area (Å²) in [6, 6.07) is 20.8. The molecule has 0 aliphatic carbocycles. The number of rotatable bonds is 5. The Bertz CT molecular complexity index is 1500. The number of aromatic nitrogens is 1.